The Bertz CT molecular complexity index is 1170. The summed E-state index contributed by atoms with van der Waals surface area (Å²) in [5.74, 6) is -0.586. The number of fused-ring (bicyclic) bond motifs is 1. The lowest BCUT2D eigenvalue weighted by atomic mass is 10.2. The first-order valence-electron chi connectivity index (χ1n) is 10.2. The Morgan fingerprint density at radius 3 is 2.47 bits per heavy atom. The number of aromatic nitrogens is 1. The zero-order valence-corrected chi connectivity index (χ0v) is 18.7. The maximum atomic E-state index is 12.5. The minimum Gasteiger partial charge on any atom is -0.493 e. The van der Waals surface area contributed by atoms with Crippen LogP contribution in [0.1, 0.15) is 30.6 Å². The smallest absolute Gasteiger partial charge is 0.338 e. The maximum absolute atomic E-state index is 12.5. The number of carbonyl (C=O) groups excluding carboxylic acids is 3. The predicted octanol–water partition coefficient (Wildman–Crippen LogP) is 3.34. The molecule has 0 N–H and O–H groups in total. The molecular weight excluding hydrogens is 432 g/mol. The molecule has 0 fully saturated rings. The van der Waals surface area contributed by atoms with Gasteiger partial charge < -0.3 is 18.8 Å². The Morgan fingerprint density at radius 1 is 1.00 bits per heavy atom. The van der Waals surface area contributed by atoms with Gasteiger partial charge in [0.05, 0.1) is 42.0 Å². The fourth-order valence-electron chi connectivity index (χ4n) is 2.92. The van der Waals surface area contributed by atoms with E-state index in [1.807, 2.05) is 30.3 Å². The van der Waals surface area contributed by atoms with Crippen molar-refractivity contribution >= 4 is 39.4 Å². The third-order valence-corrected chi connectivity index (χ3v) is 5.38. The maximum Gasteiger partial charge on any atom is 0.338 e. The Morgan fingerprint density at radius 2 is 1.75 bits per heavy atom. The fraction of sp³-hybridized carbons (Fsp3) is 0.304. The zero-order valence-electron chi connectivity index (χ0n) is 17.9. The van der Waals surface area contributed by atoms with Gasteiger partial charge in [0, 0.05) is 0 Å². The molecule has 8 nitrogen and oxygen atoms in total. The van der Waals surface area contributed by atoms with E-state index in [2.05, 4.69) is 4.99 Å². The molecule has 0 spiro atoms. The minimum absolute atomic E-state index is 0.0800. The van der Waals surface area contributed by atoms with E-state index in [4.69, 9.17) is 14.2 Å². The second-order valence-corrected chi connectivity index (χ2v) is 7.60. The molecule has 1 amide bonds. The number of hydrogen-bond donors (Lipinski definition) is 0. The molecule has 168 valence electrons. The SMILES string of the molecule is CCOC(=O)Cn1c(=NC(=O)CCOc2ccccc2)sc2cc(C(=O)OCC)ccc21. The lowest BCUT2D eigenvalue weighted by molar-refractivity contribution is -0.143. The van der Waals surface area contributed by atoms with E-state index >= 15 is 0 Å². The van der Waals surface area contributed by atoms with Gasteiger partial charge in [0.25, 0.3) is 5.91 Å². The average Bonchev–Trinajstić information content (AvgIpc) is 3.10. The third-order valence-electron chi connectivity index (χ3n) is 4.33. The van der Waals surface area contributed by atoms with Gasteiger partial charge in [-0.25, -0.2) is 4.79 Å². The van der Waals surface area contributed by atoms with E-state index in [1.165, 1.54) is 11.3 Å². The highest BCUT2D eigenvalue weighted by atomic mass is 32.1. The highest BCUT2D eigenvalue weighted by Gasteiger charge is 2.15. The van der Waals surface area contributed by atoms with Crippen LogP contribution in [0.5, 0.6) is 5.75 Å². The van der Waals surface area contributed by atoms with Crippen molar-refractivity contribution in [2.45, 2.75) is 26.8 Å². The van der Waals surface area contributed by atoms with Crippen molar-refractivity contribution in [1.82, 2.24) is 4.57 Å². The number of ether oxygens (including phenoxy) is 3. The van der Waals surface area contributed by atoms with Gasteiger partial charge in [-0.3, -0.25) is 9.59 Å². The molecule has 0 saturated carbocycles. The molecule has 0 bridgehead atoms. The molecule has 1 heterocycles. The molecular formula is C23H24N2O6S. The summed E-state index contributed by atoms with van der Waals surface area (Å²) in [7, 11) is 0. The summed E-state index contributed by atoms with van der Waals surface area (Å²) in [5.41, 5.74) is 1.06. The van der Waals surface area contributed by atoms with Gasteiger partial charge in [-0.1, -0.05) is 29.5 Å². The summed E-state index contributed by atoms with van der Waals surface area (Å²) >= 11 is 1.21. The highest BCUT2D eigenvalue weighted by molar-refractivity contribution is 7.16. The van der Waals surface area contributed by atoms with Crippen LogP contribution in [0.3, 0.4) is 0 Å². The van der Waals surface area contributed by atoms with E-state index in [1.54, 1.807) is 36.6 Å². The van der Waals surface area contributed by atoms with Gasteiger partial charge in [-0.15, -0.1) is 0 Å². The molecule has 0 aliphatic carbocycles. The van der Waals surface area contributed by atoms with Crippen molar-refractivity contribution < 1.29 is 28.6 Å². The van der Waals surface area contributed by atoms with Crippen molar-refractivity contribution in [3.63, 3.8) is 0 Å². The Hall–Kier alpha value is -3.46. The third kappa shape index (κ3) is 6.04. The van der Waals surface area contributed by atoms with Crippen LogP contribution in [0.15, 0.2) is 53.5 Å². The van der Waals surface area contributed by atoms with Crippen LogP contribution < -0.4 is 9.54 Å². The molecule has 0 unspecified atom stereocenters. The summed E-state index contributed by atoms with van der Waals surface area (Å²) in [4.78, 5) is 41.2. The van der Waals surface area contributed by atoms with Crippen LogP contribution in [0, 0.1) is 0 Å². The van der Waals surface area contributed by atoms with Crippen molar-refractivity contribution in [2.24, 2.45) is 4.99 Å². The van der Waals surface area contributed by atoms with E-state index in [0.717, 1.165) is 0 Å². The van der Waals surface area contributed by atoms with Crippen LogP contribution in [-0.4, -0.2) is 42.2 Å². The number of amides is 1. The standard InChI is InChI=1S/C23H24N2O6S/c1-3-29-21(27)15-25-18-11-10-16(22(28)30-4-2)14-19(18)32-23(25)24-20(26)12-13-31-17-8-6-5-7-9-17/h5-11,14H,3-4,12-13,15H2,1-2H3. The molecule has 1 aromatic heterocycles. The summed E-state index contributed by atoms with van der Waals surface area (Å²) in [6.07, 6.45) is 0.0800. The number of nitrogens with zero attached hydrogens (tertiary/aromatic N) is 2. The molecule has 2 aromatic carbocycles. The van der Waals surface area contributed by atoms with Crippen molar-refractivity contribution in [3.05, 3.63) is 58.9 Å². The van der Waals surface area contributed by atoms with Crippen molar-refractivity contribution in [1.29, 1.82) is 0 Å². The predicted molar refractivity (Wildman–Crippen MR) is 120 cm³/mol. The van der Waals surface area contributed by atoms with Gasteiger partial charge in [0.15, 0.2) is 4.80 Å². The quantitative estimate of drug-likeness (QED) is 0.458. The Kier molecular flexibility index (Phi) is 8.15. The Labute approximate surface area is 189 Å². The fourth-order valence-corrected chi connectivity index (χ4v) is 4.01. The number of carbonyl (C=O) groups is 3. The first-order chi connectivity index (χ1) is 15.5. The minimum atomic E-state index is -0.442. The van der Waals surface area contributed by atoms with E-state index in [9.17, 15) is 14.4 Å². The van der Waals surface area contributed by atoms with Gasteiger partial charge >= 0.3 is 11.9 Å². The van der Waals surface area contributed by atoms with Crippen LogP contribution in [-0.2, 0) is 25.6 Å². The van der Waals surface area contributed by atoms with Crippen LogP contribution in [0.2, 0.25) is 0 Å². The van der Waals surface area contributed by atoms with Gasteiger partial charge in [-0.2, -0.15) is 4.99 Å². The monoisotopic (exact) mass is 456 g/mol. The van der Waals surface area contributed by atoms with E-state index < -0.39 is 11.9 Å². The molecule has 0 aliphatic heterocycles. The number of para-hydroxylation sites is 1. The molecule has 0 aliphatic rings. The Balaban J connectivity index is 1.87. The van der Waals surface area contributed by atoms with Gasteiger partial charge in [-0.05, 0) is 44.2 Å². The molecule has 3 rings (SSSR count). The number of thiazole rings is 1. The second-order valence-electron chi connectivity index (χ2n) is 6.60. The number of rotatable bonds is 9. The van der Waals surface area contributed by atoms with Crippen LogP contribution in [0.25, 0.3) is 10.2 Å². The zero-order chi connectivity index (χ0) is 22.9. The first kappa shape index (κ1) is 23.2. The topological polar surface area (TPSA) is 96.2 Å². The van der Waals surface area contributed by atoms with Crippen molar-refractivity contribution in [2.75, 3.05) is 19.8 Å². The second kappa shape index (κ2) is 11.2. The summed E-state index contributed by atoms with van der Waals surface area (Å²) < 4.78 is 18.0. The average molecular weight is 457 g/mol. The van der Waals surface area contributed by atoms with Gasteiger partial charge in [0.1, 0.15) is 12.3 Å². The summed E-state index contributed by atoms with van der Waals surface area (Å²) in [6.45, 7) is 4.06. The number of benzene rings is 2. The summed E-state index contributed by atoms with van der Waals surface area (Å²) in [6, 6.07) is 14.2. The molecule has 9 heteroatoms. The number of hydrogen-bond acceptors (Lipinski definition) is 7. The van der Waals surface area contributed by atoms with Gasteiger partial charge in [0.2, 0.25) is 0 Å². The normalized spacial score (nSPS) is 11.4. The van der Waals surface area contributed by atoms with E-state index in [-0.39, 0.29) is 38.7 Å². The largest absolute Gasteiger partial charge is 0.493 e. The van der Waals surface area contributed by atoms with Crippen LogP contribution in [0.4, 0.5) is 0 Å². The lowest BCUT2D eigenvalue weighted by Crippen LogP contribution is -2.23. The summed E-state index contributed by atoms with van der Waals surface area (Å²) in [5, 5.41) is 0. The van der Waals surface area contributed by atoms with E-state index in [0.29, 0.717) is 26.3 Å². The lowest BCUT2D eigenvalue weighted by Gasteiger charge is -2.06. The first-order valence-corrected chi connectivity index (χ1v) is 11.0. The number of esters is 2. The molecule has 0 radical (unpaired) electrons. The molecule has 32 heavy (non-hydrogen) atoms. The molecule has 0 saturated heterocycles. The van der Waals surface area contributed by atoms with Crippen LogP contribution >= 0.6 is 11.3 Å². The molecule has 3 aromatic rings. The molecule has 0 atom stereocenters. The van der Waals surface area contributed by atoms with Crippen molar-refractivity contribution in [3.8, 4) is 5.75 Å². The highest BCUT2D eigenvalue weighted by Crippen LogP contribution is 2.20.